The summed E-state index contributed by atoms with van der Waals surface area (Å²) in [4.78, 5) is 14.1. The molecule has 5 nitrogen and oxygen atoms in total. The van der Waals surface area contributed by atoms with Crippen LogP contribution in [0.15, 0.2) is 12.1 Å². The molecule has 1 aromatic rings. The van der Waals surface area contributed by atoms with Gasteiger partial charge in [-0.3, -0.25) is 4.90 Å². The quantitative estimate of drug-likeness (QED) is 0.833. The van der Waals surface area contributed by atoms with Crippen LogP contribution in [0.3, 0.4) is 0 Å². The van der Waals surface area contributed by atoms with Crippen molar-refractivity contribution in [3.8, 4) is 0 Å². The largest absolute Gasteiger partial charge is 0.378 e. The predicted octanol–water partition coefficient (Wildman–Crippen LogP) is 2.33. The molecule has 2 rings (SSSR count). The minimum absolute atomic E-state index is 0.196. The van der Waals surface area contributed by atoms with Crippen LogP contribution >= 0.6 is 0 Å². The molecule has 0 unspecified atom stereocenters. The first-order valence-electron chi connectivity index (χ1n) is 7.31. The number of anilines is 1. The molecule has 0 aromatic heterocycles. The lowest BCUT2D eigenvalue weighted by atomic mass is 10.2. The average Bonchev–Trinajstić information content (AvgIpc) is 2.91. The molecule has 0 saturated carbocycles. The summed E-state index contributed by atoms with van der Waals surface area (Å²) in [6, 6.07) is 1.03. The van der Waals surface area contributed by atoms with Gasteiger partial charge >= 0.3 is 6.03 Å². The lowest BCUT2D eigenvalue weighted by molar-refractivity contribution is 0.0896. The predicted molar refractivity (Wildman–Crippen MR) is 79.8 cm³/mol. The number of amides is 2. The Hall–Kier alpha value is -1.80. The number of halogens is 3. The number of likely N-dealkylation sites (tertiary alicyclic amines) is 1. The fourth-order valence-electron chi connectivity index (χ4n) is 2.55. The molecule has 1 saturated heterocycles. The van der Waals surface area contributed by atoms with E-state index in [4.69, 9.17) is 4.74 Å². The average molecular weight is 331 g/mol. The van der Waals surface area contributed by atoms with Gasteiger partial charge in [0, 0.05) is 26.2 Å². The second-order valence-corrected chi connectivity index (χ2v) is 5.75. The molecule has 0 aliphatic carbocycles. The van der Waals surface area contributed by atoms with Gasteiger partial charge in [0.05, 0.1) is 17.8 Å². The highest BCUT2D eigenvalue weighted by Gasteiger charge is 2.35. The Morgan fingerprint density at radius 2 is 1.96 bits per heavy atom. The molecule has 1 aliphatic rings. The van der Waals surface area contributed by atoms with Crippen LogP contribution in [0.2, 0.25) is 0 Å². The summed E-state index contributed by atoms with van der Waals surface area (Å²) < 4.78 is 44.9. The van der Waals surface area contributed by atoms with E-state index in [0.29, 0.717) is 19.1 Å². The van der Waals surface area contributed by atoms with Gasteiger partial charge in [0.25, 0.3) is 0 Å². The number of hydrogen-bond acceptors (Lipinski definition) is 3. The lowest BCUT2D eigenvalue weighted by Gasteiger charge is -2.20. The Labute approximate surface area is 132 Å². The van der Waals surface area contributed by atoms with Crippen molar-refractivity contribution in [1.29, 1.82) is 0 Å². The van der Waals surface area contributed by atoms with E-state index in [0.717, 1.165) is 12.1 Å². The maximum absolute atomic E-state index is 13.6. The second kappa shape index (κ2) is 7.18. The molecule has 0 spiro atoms. The van der Waals surface area contributed by atoms with Crippen LogP contribution in [0.1, 0.15) is 13.8 Å². The number of rotatable bonds is 4. The van der Waals surface area contributed by atoms with Crippen molar-refractivity contribution in [2.24, 2.45) is 0 Å². The summed E-state index contributed by atoms with van der Waals surface area (Å²) in [5, 5.41) is 4.86. The first-order chi connectivity index (χ1) is 10.8. The Balaban J connectivity index is 2.01. The van der Waals surface area contributed by atoms with E-state index in [2.05, 4.69) is 15.5 Å². The normalized spacial score (nSPS) is 21.7. The molecule has 2 amide bonds. The number of urea groups is 1. The van der Waals surface area contributed by atoms with Crippen molar-refractivity contribution in [3.05, 3.63) is 29.6 Å². The standard InChI is InChI=1S/C15H20F3N3O2/c1-8(2)21-6-11(12(7-21)23-3)20-15(22)19-10-5-4-9(16)13(17)14(10)18/h4-5,8,11-12H,6-7H2,1-3H3,(H2,19,20,22)/t11-,12-/m1/s1. The fourth-order valence-corrected chi connectivity index (χ4v) is 2.55. The molecule has 8 heteroatoms. The van der Waals surface area contributed by atoms with Crippen molar-refractivity contribution in [3.63, 3.8) is 0 Å². The van der Waals surface area contributed by atoms with Gasteiger partial charge in [-0.05, 0) is 26.0 Å². The molecular weight excluding hydrogens is 311 g/mol. The molecule has 1 aromatic carbocycles. The zero-order valence-electron chi connectivity index (χ0n) is 13.2. The van der Waals surface area contributed by atoms with E-state index >= 15 is 0 Å². The van der Waals surface area contributed by atoms with E-state index in [1.165, 1.54) is 0 Å². The van der Waals surface area contributed by atoms with Crippen LogP contribution in [-0.2, 0) is 4.74 Å². The Kier molecular flexibility index (Phi) is 5.48. The Bertz CT molecular complexity index is 583. The first-order valence-corrected chi connectivity index (χ1v) is 7.31. The molecule has 1 aliphatic heterocycles. The monoisotopic (exact) mass is 331 g/mol. The number of nitrogens with one attached hydrogen (secondary N) is 2. The third-order valence-electron chi connectivity index (χ3n) is 3.93. The van der Waals surface area contributed by atoms with Crippen LogP contribution in [0.4, 0.5) is 23.7 Å². The van der Waals surface area contributed by atoms with Crippen molar-refractivity contribution in [2.45, 2.75) is 32.0 Å². The highest BCUT2D eigenvalue weighted by molar-refractivity contribution is 5.89. The van der Waals surface area contributed by atoms with E-state index in [1.807, 2.05) is 13.8 Å². The van der Waals surface area contributed by atoms with Crippen LogP contribution in [0, 0.1) is 17.5 Å². The van der Waals surface area contributed by atoms with Crippen LogP contribution < -0.4 is 10.6 Å². The molecule has 23 heavy (non-hydrogen) atoms. The maximum Gasteiger partial charge on any atom is 0.319 e. The van der Waals surface area contributed by atoms with Gasteiger partial charge in [0.15, 0.2) is 17.5 Å². The number of ether oxygens (including phenoxy) is 1. The molecule has 128 valence electrons. The minimum atomic E-state index is -1.62. The SMILES string of the molecule is CO[C@@H]1CN(C(C)C)C[C@H]1NC(=O)Nc1ccc(F)c(F)c1F. The third-order valence-corrected chi connectivity index (χ3v) is 3.93. The van der Waals surface area contributed by atoms with Gasteiger partial charge in [-0.25, -0.2) is 18.0 Å². The summed E-state index contributed by atoms with van der Waals surface area (Å²) in [6.45, 7) is 5.32. The number of carbonyl (C=O) groups excluding carboxylic acids is 1. The third kappa shape index (κ3) is 3.94. The molecule has 0 bridgehead atoms. The van der Waals surface area contributed by atoms with Gasteiger partial charge in [-0.1, -0.05) is 0 Å². The minimum Gasteiger partial charge on any atom is -0.378 e. The van der Waals surface area contributed by atoms with Crippen molar-refractivity contribution in [1.82, 2.24) is 10.2 Å². The summed E-state index contributed by atoms with van der Waals surface area (Å²) >= 11 is 0. The molecule has 1 heterocycles. The second-order valence-electron chi connectivity index (χ2n) is 5.75. The topological polar surface area (TPSA) is 53.6 Å². The number of benzene rings is 1. The highest BCUT2D eigenvalue weighted by atomic mass is 19.2. The van der Waals surface area contributed by atoms with Crippen LogP contribution in [0.5, 0.6) is 0 Å². The lowest BCUT2D eigenvalue weighted by Crippen LogP contribution is -2.45. The summed E-state index contributed by atoms with van der Waals surface area (Å²) in [6.07, 6.45) is -0.196. The Morgan fingerprint density at radius 3 is 2.57 bits per heavy atom. The molecule has 2 N–H and O–H groups in total. The van der Waals surface area contributed by atoms with Gasteiger partial charge < -0.3 is 15.4 Å². The van der Waals surface area contributed by atoms with Gasteiger partial charge in [-0.15, -0.1) is 0 Å². The number of methoxy groups -OCH3 is 1. The van der Waals surface area contributed by atoms with E-state index in [9.17, 15) is 18.0 Å². The highest BCUT2D eigenvalue weighted by Crippen LogP contribution is 2.20. The van der Waals surface area contributed by atoms with E-state index < -0.39 is 29.2 Å². The molecule has 0 radical (unpaired) electrons. The summed E-state index contributed by atoms with van der Waals surface area (Å²) in [5.74, 6) is -4.36. The van der Waals surface area contributed by atoms with E-state index in [-0.39, 0.29) is 12.1 Å². The van der Waals surface area contributed by atoms with Crippen LogP contribution in [-0.4, -0.2) is 49.3 Å². The van der Waals surface area contributed by atoms with Crippen molar-refractivity contribution in [2.75, 3.05) is 25.5 Å². The van der Waals surface area contributed by atoms with Gasteiger partial charge in [0.1, 0.15) is 0 Å². The van der Waals surface area contributed by atoms with E-state index in [1.54, 1.807) is 7.11 Å². The molecule has 2 atom stereocenters. The molecule has 1 fully saturated rings. The zero-order chi connectivity index (χ0) is 17.1. The zero-order valence-corrected chi connectivity index (χ0v) is 13.2. The Morgan fingerprint density at radius 1 is 1.26 bits per heavy atom. The maximum atomic E-state index is 13.6. The number of hydrogen-bond donors (Lipinski definition) is 2. The van der Waals surface area contributed by atoms with Crippen molar-refractivity contribution < 1.29 is 22.7 Å². The first kappa shape index (κ1) is 17.6. The van der Waals surface area contributed by atoms with Gasteiger partial charge in [-0.2, -0.15) is 0 Å². The van der Waals surface area contributed by atoms with Gasteiger partial charge in [0.2, 0.25) is 0 Å². The summed E-state index contributed by atoms with van der Waals surface area (Å²) in [7, 11) is 1.55. The van der Waals surface area contributed by atoms with Crippen molar-refractivity contribution >= 4 is 11.7 Å². The number of carbonyl (C=O) groups is 1. The smallest absolute Gasteiger partial charge is 0.319 e. The fraction of sp³-hybridized carbons (Fsp3) is 0.533. The summed E-state index contributed by atoms with van der Waals surface area (Å²) in [5.41, 5.74) is -0.422. The van der Waals surface area contributed by atoms with Crippen LogP contribution in [0.25, 0.3) is 0 Å². The molecular formula is C15H20F3N3O2. The number of nitrogens with zero attached hydrogens (tertiary/aromatic N) is 1.